The van der Waals surface area contributed by atoms with Crippen LogP contribution in [0.1, 0.15) is 57.8 Å². The van der Waals surface area contributed by atoms with Gasteiger partial charge in [0.15, 0.2) is 5.60 Å². The Bertz CT molecular complexity index is 911. The van der Waals surface area contributed by atoms with Crippen molar-refractivity contribution in [3.05, 3.63) is 35.9 Å². The highest BCUT2D eigenvalue weighted by Crippen LogP contribution is 2.33. The molecule has 0 aromatic heterocycles. The maximum absolute atomic E-state index is 12.7. The first-order valence-corrected chi connectivity index (χ1v) is 12.1. The predicted molar refractivity (Wildman–Crippen MR) is 119 cm³/mol. The monoisotopic (exact) mass is 487 g/mol. The summed E-state index contributed by atoms with van der Waals surface area (Å²) in [6.45, 7) is 6.68. The third-order valence-electron chi connectivity index (χ3n) is 5.08. The first kappa shape index (κ1) is 28.5. The number of rotatable bonds is 13. The number of carbonyl (C=O) groups excluding carboxylic acids is 3. The van der Waals surface area contributed by atoms with Gasteiger partial charge in [0, 0.05) is 25.3 Å². The number of carbonyl (C=O) groups is 3. The van der Waals surface area contributed by atoms with E-state index in [9.17, 15) is 27.9 Å². The van der Waals surface area contributed by atoms with Crippen LogP contribution in [0.4, 0.5) is 0 Å². The summed E-state index contributed by atoms with van der Waals surface area (Å²) in [6.07, 6.45) is -0.961. The molecule has 11 heteroatoms. The van der Waals surface area contributed by atoms with Crippen LogP contribution in [0.25, 0.3) is 0 Å². The molecule has 1 aromatic rings. The lowest BCUT2D eigenvalue weighted by molar-refractivity contribution is -0.201. The Balaban J connectivity index is 2.71. The number of hydrogen-bond acceptors (Lipinski definition) is 9. The predicted octanol–water partition coefficient (Wildman–Crippen LogP) is 1.77. The van der Waals surface area contributed by atoms with Crippen LogP contribution in [0.2, 0.25) is 0 Å². The summed E-state index contributed by atoms with van der Waals surface area (Å²) in [5, 5.41) is 13.3. The average molecular weight is 488 g/mol. The Morgan fingerprint density at radius 3 is 2.24 bits per heavy atom. The lowest BCUT2D eigenvalue weighted by Crippen LogP contribution is -2.53. The Morgan fingerprint density at radius 2 is 1.70 bits per heavy atom. The molecule has 0 spiro atoms. The highest BCUT2D eigenvalue weighted by molar-refractivity contribution is 7.86. The molecule has 2 N–H and O–H groups in total. The molecule has 1 aromatic carbocycles. The summed E-state index contributed by atoms with van der Waals surface area (Å²) in [5.41, 5.74) is -3.27. The van der Waals surface area contributed by atoms with Gasteiger partial charge in [-0.15, -0.1) is 0 Å². The Hall–Kier alpha value is -2.50. The number of hydrogen-bond donors (Lipinski definition) is 2. The number of ether oxygens (including phenoxy) is 2. The van der Waals surface area contributed by atoms with E-state index in [4.69, 9.17) is 13.7 Å². The van der Waals surface area contributed by atoms with E-state index >= 15 is 0 Å². The fraction of sp³-hybridized carbons (Fsp3) is 0.591. The van der Waals surface area contributed by atoms with Gasteiger partial charge in [-0.2, -0.15) is 8.42 Å². The lowest BCUT2D eigenvalue weighted by Gasteiger charge is -2.37. The van der Waals surface area contributed by atoms with E-state index in [1.165, 1.54) is 27.7 Å². The van der Waals surface area contributed by atoms with Gasteiger partial charge >= 0.3 is 11.9 Å². The van der Waals surface area contributed by atoms with E-state index in [-0.39, 0.29) is 36.6 Å². The minimum Gasteiger partial charge on any atom is -0.423 e. The van der Waals surface area contributed by atoms with E-state index in [0.29, 0.717) is 0 Å². The first-order chi connectivity index (χ1) is 15.2. The topological polar surface area (TPSA) is 145 Å². The number of amides is 1. The van der Waals surface area contributed by atoms with Gasteiger partial charge in [0.25, 0.3) is 10.1 Å². The second kappa shape index (κ2) is 12.1. The standard InChI is InChI=1S/C22H33NO9S/c1-6-18(31-19(25)17-11-8-7-9-12-17)32-20(26)22(5,27)21(3,4)15-30-33(28,29)14-10-13-23-16(2)24/h7-9,11-12,18,27H,6,10,13-15H2,1-5H3,(H,23,24)/t18?,22-/m0/s1. The zero-order valence-corrected chi connectivity index (χ0v) is 20.4. The Labute approximate surface area is 194 Å². The highest BCUT2D eigenvalue weighted by atomic mass is 32.2. The van der Waals surface area contributed by atoms with Crippen molar-refractivity contribution in [2.45, 2.75) is 59.4 Å². The van der Waals surface area contributed by atoms with Crippen molar-refractivity contribution in [3.63, 3.8) is 0 Å². The van der Waals surface area contributed by atoms with Crippen molar-refractivity contribution in [1.82, 2.24) is 5.32 Å². The molecular formula is C22H33NO9S. The maximum atomic E-state index is 12.7. The molecule has 1 amide bonds. The van der Waals surface area contributed by atoms with Crippen molar-refractivity contribution >= 4 is 28.0 Å². The second-order valence-corrected chi connectivity index (χ2v) is 10.1. The molecule has 0 aliphatic carbocycles. The van der Waals surface area contributed by atoms with Gasteiger partial charge in [-0.05, 0) is 25.5 Å². The molecule has 0 bridgehead atoms. The van der Waals surface area contributed by atoms with Crippen LogP contribution < -0.4 is 5.32 Å². The van der Waals surface area contributed by atoms with Crippen LogP contribution in [0.3, 0.4) is 0 Å². The van der Waals surface area contributed by atoms with Crippen LogP contribution in [0.15, 0.2) is 30.3 Å². The molecule has 33 heavy (non-hydrogen) atoms. The van der Waals surface area contributed by atoms with Gasteiger partial charge < -0.3 is 19.9 Å². The first-order valence-electron chi connectivity index (χ1n) is 10.5. The van der Waals surface area contributed by atoms with Crippen LogP contribution in [-0.4, -0.2) is 62.2 Å². The maximum Gasteiger partial charge on any atom is 0.341 e. The summed E-state index contributed by atoms with van der Waals surface area (Å²) in [4.78, 5) is 35.7. The lowest BCUT2D eigenvalue weighted by atomic mass is 9.76. The smallest absolute Gasteiger partial charge is 0.341 e. The second-order valence-electron chi connectivity index (χ2n) is 8.33. The quantitative estimate of drug-likeness (QED) is 0.184. The van der Waals surface area contributed by atoms with Crippen molar-refractivity contribution in [2.24, 2.45) is 5.41 Å². The summed E-state index contributed by atoms with van der Waals surface area (Å²) < 4.78 is 39.6. The molecule has 0 fully saturated rings. The molecule has 0 heterocycles. The van der Waals surface area contributed by atoms with Crippen LogP contribution in [0.5, 0.6) is 0 Å². The minimum atomic E-state index is -3.96. The van der Waals surface area contributed by atoms with Gasteiger partial charge in [-0.1, -0.05) is 39.0 Å². The van der Waals surface area contributed by atoms with E-state index in [1.54, 1.807) is 37.3 Å². The van der Waals surface area contributed by atoms with Crippen molar-refractivity contribution in [1.29, 1.82) is 0 Å². The van der Waals surface area contributed by atoms with Gasteiger partial charge in [-0.3, -0.25) is 8.98 Å². The van der Waals surface area contributed by atoms with E-state index in [1.807, 2.05) is 0 Å². The van der Waals surface area contributed by atoms with E-state index in [0.717, 1.165) is 0 Å². The highest BCUT2D eigenvalue weighted by Gasteiger charge is 2.49. The number of benzene rings is 1. The van der Waals surface area contributed by atoms with Crippen molar-refractivity contribution in [3.8, 4) is 0 Å². The third kappa shape index (κ3) is 9.10. The summed E-state index contributed by atoms with van der Waals surface area (Å²) in [6, 6.07) is 8.14. The molecular weight excluding hydrogens is 454 g/mol. The summed E-state index contributed by atoms with van der Waals surface area (Å²) >= 11 is 0. The third-order valence-corrected chi connectivity index (χ3v) is 6.35. The van der Waals surface area contributed by atoms with Gasteiger partial charge in [0.1, 0.15) is 0 Å². The SMILES string of the molecule is CCC(OC(=O)c1ccccc1)OC(=O)[C@](C)(O)C(C)(C)COS(=O)(=O)CCCNC(C)=O. The zero-order valence-electron chi connectivity index (χ0n) is 19.6. The van der Waals surface area contributed by atoms with E-state index in [2.05, 4.69) is 5.32 Å². The summed E-state index contributed by atoms with van der Waals surface area (Å²) in [7, 11) is -3.96. The Morgan fingerprint density at radius 1 is 1.09 bits per heavy atom. The van der Waals surface area contributed by atoms with Gasteiger partial charge in [0.2, 0.25) is 12.2 Å². The molecule has 0 saturated heterocycles. The number of nitrogens with one attached hydrogen (secondary N) is 1. The fourth-order valence-corrected chi connectivity index (χ4v) is 3.50. The van der Waals surface area contributed by atoms with Gasteiger partial charge in [-0.25, -0.2) is 9.59 Å². The minimum absolute atomic E-state index is 0.139. The normalized spacial score (nSPS) is 14.6. The molecule has 0 aliphatic rings. The van der Waals surface area contributed by atoms with Crippen LogP contribution in [-0.2, 0) is 33.4 Å². The Kier molecular flexibility index (Phi) is 10.5. The van der Waals surface area contributed by atoms with Crippen LogP contribution in [0, 0.1) is 5.41 Å². The van der Waals surface area contributed by atoms with Crippen molar-refractivity contribution < 1.29 is 41.6 Å². The fourth-order valence-electron chi connectivity index (χ4n) is 2.41. The molecule has 1 rings (SSSR count). The van der Waals surface area contributed by atoms with Crippen LogP contribution >= 0.6 is 0 Å². The van der Waals surface area contributed by atoms with Gasteiger partial charge in [0.05, 0.1) is 17.9 Å². The molecule has 2 atom stereocenters. The molecule has 0 radical (unpaired) electrons. The molecule has 1 unspecified atom stereocenters. The molecule has 10 nitrogen and oxygen atoms in total. The molecule has 0 aliphatic heterocycles. The van der Waals surface area contributed by atoms with Crippen molar-refractivity contribution in [2.75, 3.05) is 18.9 Å². The molecule has 186 valence electrons. The largest absolute Gasteiger partial charge is 0.423 e. The van der Waals surface area contributed by atoms with E-state index < -0.39 is 46.0 Å². The number of esters is 2. The zero-order chi connectivity index (χ0) is 25.3. The average Bonchev–Trinajstić information content (AvgIpc) is 2.75. The molecule has 0 saturated carbocycles. The number of aliphatic hydroxyl groups is 1. The summed E-state index contributed by atoms with van der Waals surface area (Å²) in [5.74, 6) is -2.40.